The second-order valence-electron chi connectivity index (χ2n) is 6.75. The molecule has 0 saturated carbocycles. The summed E-state index contributed by atoms with van der Waals surface area (Å²) >= 11 is 8.05. The Morgan fingerprint density at radius 3 is 2.74 bits per heavy atom. The molecule has 2 heterocycles. The van der Waals surface area contributed by atoms with E-state index in [1.165, 1.54) is 4.88 Å². The standard InChI is InChI=1S/C20H27ClN2O3S/c1-25-19-11-16(21)10-15(20(19)26-2)12-22-6-7-23(17(13-22)5-8-24)14-18-4-3-9-27-18/h3-4,9-11,17,24H,5-8,12-14H2,1-2H3/t17-/m0/s1. The van der Waals surface area contributed by atoms with Crippen LogP contribution in [0.5, 0.6) is 11.5 Å². The normalized spacial score (nSPS) is 18.6. The van der Waals surface area contributed by atoms with Crippen molar-refractivity contribution in [2.75, 3.05) is 40.5 Å². The topological polar surface area (TPSA) is 45.2 Å². The Hall–Kier alpha value is -1.31. The third kappa shape index (κ3) is 5.15. The van der Waals surface area contributed by atoms with E-state index < -0.39 is 0 Å². The summed E-state index contributed by atoms with van der Waals surface area (Å²) in [5, 5.41) is 12.3. The van der Waals surface area contributed by atoms with Crippen molar-refractivity contribution in [3.05, 3.63) is 45.1 Å². The van der Waals surface area contributed by atoms with Crippen LogP contribution in [0.1, 0.15) is 16.9 Å². The minimum Gasteiger partial charge on any atom is -0.493 e. The van der Waals surface area contributed by atoms with Gasteiger partial charge in [-0.05, 0) is 23.9 Å². The van der Waals surface area contributed by atoms with Crippen molar-refractivity contribution in [3.63, 3.8) is 0 Å². The van der Waals surface area contributed by atoms with Gasteiger partial charge in [0.1, 0.15) is 0 Å². The molecule has 3 rings (SSSR count). The third-order valence-electron chi connectivity index (χ3n) is 5.00. The van der Waals surface area contributed by atoms with Crippen LogP contribution in [0.25, 0.3) is 0 Å². The first-order valence-corrected chi connectivity index (χ1v) is 10.4. The number of aliphatic hydroxyl groups is 1. The highest BCUT2D eigenvalue weighted by Gasteiger charge is 2.27. The molecule has 1 saturated heterocycles. The van der Waals surface area contributed by atoms with Crippen LogP contribution in [-0.2, 0) is 13.1 Å². The van der Waals surface area contributed by atoms with Gasteiger partial charge in [0.2, 0.25) is 0 Å². The van der Waals surface area contributed by atoms with E-state index in [1.807, 2.05) is 6.07 Å². The molecule has 1 aliphatic rings. The summed E-state index contributed by atoms with van der Waals surface area (Å²) < 4.78 is 11.0. The number of halogens is 1. The zero-order chi connectivity index (χ0) is 19.2. The lowest BCUT2D eigenvalue weighted by Crippen LogP contribution is -2.52. The summed E-state index contributed by atoms with van der Waals surface area (Å²) in [4.78, 5) is 6.25. The van der Waals surface area contributed by atoms with Crippen molar-refractivity contribution in [1.82, 2.24) is 9.80 Å². The average Bonchev–Trinajstić information content (AvgIpc) is 3.16. The second-order valence-corrected chi connectivity index (χ2v) is 8.22. The van der Waals surface area contributed by atoms with Crippen molar-refractivity contribution >= 4 is 22.9 Å². The van der Waals surface area contributed by atoms with Gasteiger partial charge in [0.25, 0.3) is 0 Å². The number of ether oxygens (including phenoxy) is 2. The van der Waals surface area contributed by atoms with Crippen LogP contribution >= 0.6 is 22.9 Å². The van der Waals surface area contributed by atoms with Gasteiger partial charge >= 0.3 is 0 Å². The van der Waals surface area contributed by atoms with E-state index in [9.17, 15) is 5.11 Å². The monoisotopic (exact) mass is 410 g/mol. The predicted molar refractivity (Wildman–Crippen MR) is 110 cm³/mol. The summed E-state index contributed by atoms with van der Waals surface area (Å²) in [6, 6.07) is 8.32. The highest BCUT2D eigenvalue weighted by atomic mass is 35.5. The zero-order valence-corrected chi connectivity index (χ0v) is 17.4. The molecule has 1 N–H and O–H groups in total. The number of thiophene rings is 1. The summed E-state index contributed by atoms with van der Waals surface area (Å²) in [6.07, 6.45) is 0.776. The Morgan fingerprint density at radius 2 is 2.07 bits per heavy atom. The van der Waals surface area contributed by atoms with E-state index >= 15 is 0 Å². The average molecular weight is 411 g/mol. The maximum Gasteiger partial charge on any atom is 0.165 e. The van der Waals surface area contributed by atoms with Crippen LogP contribution < -0.4 is 9.47 Å². The fourth-order valence-electron chi connectivity index (χ4n) is 3.70. The minimum absolute atomic E-state index is 0.202. The fourth-order valence-corrected chi connectivity index (χ4v) is 4.66. The molecule has 5 nitrogen and oxygen atoms in total. The van der Waals surface area contributed by atoms with Gasteiger partial charge in [-0.3, -0.25) is 9.80 Å². The van der Waals surface area contributed by atoms with E-state index in [-0.39, 0.29) is 6.61 Å². The first-order chi connectivity index (χ1) is 13.1. The number of methoxy groups -OCH3 is 2. The Morgan fingerprint density at radius 1 is 1.22 bits per heavy atom. The molecule has 1 aromatic heterocycles. The van der Waals surface area contributed by atoms with Gasteiger partial charge in [0.05, 0.1) is 14.2 Å². The molecule has 0 spiro atoms. The van der Waals surface area contributed by atoms with E-state index in [0.29, 0.717) is 16.8 Å². The van der Waals surface area contributed by atoms with E-state index in [1.54, 1.807) is 31.6 Å². The number of hydrogen-bond acceptors (Lipinski definition) is 6. The van der Waals surface area contributed by atoms with Crippen molar-refractivity contribution in [3.8, 4) is 11.5 Å². The van der Waals surface area contributed by atoms with Crippen LogP contribution in [0.4, 0.5) is 0 Å². The van der Waals surface area contributed by atoms with Crippen molar-refractivity contribution in [2.45, 2.75) is 25.6 Å². The van der Waals surface area contributed by atoms with Gasteiger partial charge in [-0.25, -0.2) is 0 Å². The van der Waals surface area contributed by atoms with Crippen LogP contribution in [0, 0.1) is 0 Å². The Bertz CT molecular complexity index is 726. The molecule has 27 heavy (non-hydrogen) atoms. The Balaban J connectivity index is 1.71. The molecule has 0 radical (unpaired) electrons. The highest BCUT2D eigenvalue weighted by Crippen LogP contribution is 2.35. The van der Waals surface area contributed by atoms with Gasteiger partial charge < -0.3 is 14.6 Å². The lowest BCUT2D eigenvalue weighted by Gasteiger charge is -2.41. The SMILES string of the molecule is COc1cc(Cl)cc(CN2CCN(Cc3cccs3)[C@@H](CCO)C2)c1OC. The summed E-state index contributed by atoms with van der Waals surface area (Å²) in [5.74, 6) is 1.39. The van der Waals surface area contributed by atoms with Gasteiger partial charge in [-0.2, -0.15) is 0 Å². The van der Waals surface area contributed by atoms with E-state index in [4.69, 9.17) is 21.1 Å². The molecule has 0 bridgehead atoms. The van der Waals surface area contributed by atoms with E-state index in [2.05, 4.69) is 27.3 Å². The third-order valence-corrected chi connectivity index (χ3v) is 6.08. The molecule has 1 aromatic carbocycles. The number of benzene rings is 1. The van der Waals surface area contributed by atoms with Gasteiger partial charge in [-0.15, -0.1) is 11.3 Å². The van der Waals surface area contributed by atoms with E-state index in [0.717, 1.165) is 50.5 Å². The number of nitrogens with zero attached hydrogens (tertiary/aromatic N) is 2. The fraction of sp³-hybridized carbons (Fsp3) is 0.500. The number of rotatable bonds is 8. The molecular weight excluding hydrogens is 384 g/mol. The molecular formula is C20H27ClN2O3S. The summed E-state index contributed by atoms with van der Waals surface area (Å²) in [7, 11) is 3.28. The van der Waals surface area contributed by atoms with Crippen LogP contribution in [0.3, 0.4) is 0 Å². The quantitative estimate of drug-likeness (QED) is 0.721. The van der Waals surface area contributed by atoms with Gasteiger partial charge in [0.15, 0.2) is 11.5 Å². The molecule has 0 unspecified atom stereocenters. The molecule has 1 atom stereocenters. The highest BCUT2D eigenvalue weighted by molar-refractivity contribution is 7.09. The first kappa shape index (κ1) is 20.4. The zero-order valence-electron chi connectivity index (χ0n) is 15.9. The summed E-state index contributed by atoms with van der Waals surface area (Å²) in [5.41, 5.74) is 1.02. The van der Waals surface area contributed by atoms with Crippen molar-refractivity contribution in [2.24, 2.45) is 0 Å². The lowest BCUT2D eigenvalue weighted by molar-refractivity contribution is 0.0502. The number of hydrogen-bond donors (Lipinski definition) is 1. The molecule has 0 amide bonds. The number of aliphatic hydroxyl groups excluding tert-OH is 1. The van der Waals surface area contributed by atoms with Crippen LogP contribution in [0.15, 0.2) is 29.6 Å². The first-order valence-electron chi connectivity index (χ1n) is 9.14. The Kier molecular flexibility index (Phi) is 7.38. The van der Waals surface area contributed by atoms with Gasteiger partial charge in [-0.1, -0.05) is 17.7 Å². The molecule has 2 aromatic rings. The summed E-state index contributed by atoms with van der Waals surface area (Å²) in [6.45, 7) is 4.74. The largest absolute Gasteiger partial charge is 0.493 e. The smallest absolute Gasteiger partial charge is 0.165 e. The van der Waals surface area contributed by atoms with Crippen molar-refractivity contribution in [1.29, 1.82) is 0 Å². The van der Waals surface area contributed by atoms with Crippen molar-refractivity contribution < 1.29 is 14.6 Å². The number of piperazine rings is 1. The lowest BCUT2D eigenvalue weighted by atomic mass is 10.1. The predicted octanol–water partition coefficient (Wildman–Crippen LogP) is 3.49. The molecule has 1 aliphatic heterocycles. The second kappa shape index (κ2) is 9.75. The minimum atomic E-state index is 0.202. The van der Waals surface area contributed by atoms with Crippen LogP contribution in [-0.4, -0.2) is 61.4 Å². The molecule has 148 valence electrons. The van der Waals surface area contributed by atoms with Crippen LogP contribution in [0.2, 0.25) is 5.02 Å². The maximum atomic E-state index is 9.53. The maximum absolute atomic E-state index is 9.53. The molecule has 0 aliphatic carbocycles. The van der Waals surface area contributed by atoms with Gasteiger partial charge in [0, 0.05) is 66.9 Å². The molecule has 7 heteroatoms. The Labute approximate surface area is 170 Å². The molecule has 1 fully saturated rings.